The standard InChI is InChI=1S/C23H19N3O2S/c27-20(25-15-19-13-7-8-14-24-19)16-29-23-26-21(17-9-3-1-4-10-17)22(28-23)18-11-5-2-6-12-18/h1-14H,15-16H2,(H,25,27). The van der Waals surface area contributed by atoms with Crippen LogP contribution in [0.25, 0.3) is 22.6 Å². The van der Waals surface area contributed by atoms with E-state index in [-0.39, 0.29) is 11.7 Å². The van der Waals surface area contributed by atoms with E-state index in [1.54, 1.807) is 6.20 Å². The lowest BCUT2D eigenvalue weighted by Crippen LogP contribution is -2.24. The van der Waals surface area contributed by atoms with E-state index >= 15 is 0 Å². The summed E-state index contributed by atoms with van der Waals surface area (Å²) in [5, 5.41) is 3.33. The molecule has 5 nitrogen and oxygen atoms in total. The second kappa shape index (κ2) is 9.21. The molecule has 0 unspecified atom stereocenters. The summed E-state index contributed by atoms with van der Waals surface area (Å²) < 4.78 is 6.03. The number of hydrogen-bond donors (Lipinski definition) is 1. The number of nitrogens with zero attached hydrogens (tertiary/aromatic N) is 2. The monoisotopic (exact) mass is 401 g/mol. The molecule has 0 saturated carbocycles. The third-order valence-electron chi connectivity index (χ3n) is 4.21. The Morgan fingerprint density at radius 1 is 0.897 bits per heavy atom. The Hall–Kier alpha value is -3.38. The third kappa shape index (κ3) is 4.92. The summed E-state index contributed by atoms with van der Waals surface area (Å²) in [6.07, 6.45) is 1.71. The Bertz CT molecular complexity index is 1010. The van der Waals surface area contributed by atoms with Crippen LogP contribution in [0.3, 0.4) is 0 Å². The number of aromatic nitrogens is 2. The Morgan fingerprint density at radius 2 is 1.59 bits per heavy atom. The van der Waals surface area contributed by atoms with Gasteiger partial charge in [-0.2, -0.15) is 0 Å². The molecular weight excluding hydrogens is 382 g/mol. The SMILES string of the molecule is O=C(CSc1nc(-c2ccccc2)c(-c2ccccc2)o1)NCc1ccccn1. The van der Waals surface area contributed by atoms with E-state index in [2.05, 4.69) is 15.3 Å². The van der Waals surface area contributed by atoms with Crippen LogP contribution < -0.4 is 5.32 Å². The highest BCUT2D eigenvalue weighted by Gasteiger charge is 2.17. The van der Waals surface area contributed by atoms with Gasteiger partial charge in [-0.15, -0.1) is 0 Å². The maximum Gasteiger partial charge on any atom is 0.257 e. The summed E-state index contributed by atoms with van der Waals surface area (Å²) in [4.78, 5) is 21.0. The van der Waals surface area contributed by atoms with E-state index in [9.17, 15) is 4.79 Å². The summed E-state index contributed by atoms with van der Waals surface area (Å²) in [7, 11) is 0. The van der Waals surface area contributed by atoms with Gasteiger partial charge in [0.15, 0.2) is 5.76 Å². The van der Waals surface area contributed by atoms with Gasteiger partial charge in [-0.05, 0) is 12.1 Å². The van der Waals surface area contributed by atoms with Gasteiger partial charge >= 0.3 is 0 Å². The number of nitrogens with one attached hydrogen (secondary N) is 1. The number of benzene rings is 2. The van der Waals surface area contributed by atoms with E-state index < -0.39 is 0 Å². The Labute approximate surface area is 173 Å². The first-order chi connectivity index (χ1) is 14.3. The maximum atomic E-state index is 12.2. The lowest BCUT2D eigenvalue weighted by Gasteiger charge is -2.03. The highest BCUT2D eigenvalue weighted by molar-refractivity contribution is 7.99. The molecule has 4 aromatic rings. The van der Waals surface area contributed by atoms with Crippen molar-refractivity contribution in [2.24, 2.45) is 0 Å². The van der Waals surface area contributed by atoms with Crippen molar-refractivity contribution in [3.05, 3.63) is 90.8 Å². The van der Waals surface area contributed by atoms with Crippen LogP contribution in [0.15, 0.2) is 94.7 Å². The largest absolute Gasteiger partial charge is 0.431 e. The van der Waals surface area contributed by atoms with Gasteiger partial charge in [-0.3, -0.25) is 9.78 Å². The summed E-state index contributed by atoms with van der Waals surface area (Å²) in [5.74, 6) is 0.824. The number of hydrogen-bond acceptors (Lipinski definition) is 5. The van der Waals surface area contributed by atoms with Crippen LogP contribution in [0.1, 0.15) is 5.69 Å². The van der Waals surface area contributed by atoms with Crippen LogP contribution in [0.5, 0.6) is 0 Å². The smallest absolute Gasteiger partial charge is 0.257 e. The summed E-state index contributed by atoms with van der Waals surface area (Å²) in [6, 6.07) is 25.4. The molecule has 0 atom stereocenters. The van der Waals surface area contributed by atoms with E-state index in [4.69, 9.17) is 4.42 Å². The molecule has 0 bridgehead atoms. The van der Waals surface area contributed by atoms with Crippen LogP contribution in [0.4, 0.5) is 0 Å². The first-order valence-corrected chi connectivity index (χ1v) is 10.2. The second-order valence-electron chi connectivity index (χ2n) is 6.28. The number of carbonyl (C=O) groups is 1. The fourth-order valence-corrected chi connectivity index (χ4v) is 3.46. The van der Waals surface area contributed by atoms with Crippen LogP contribution in [0.2, 0.25) is 0 Å². The van der Waals surface area contributed by atoms with E-state index in [0.717, 1.165) is 22.5 Å². The van der Waals surface area contributed by atoms with Crippen molar-refractivity contribution in [1.29, 1.82) is 0 Å². The van der Waals surface area contributed by atoms with E-state index in [1.165, 1.54) is 11.8 Å². The molecule has 4 rings (SSSR count). The number of oxazole rings is 1. The fraction of sp³-hybridized carbons (Fsp3) is 0.0870. The molecule has 0 aliphatic rings. The molecule has 1 amide bonds. The van der Waals surface area contributed by atoms with Crippen molar-refractivity contribution >= 4 is 17.7 Å². The Morgan fingerprint density at radius 3 is 2.28 bits per heavy atom. The van der Waals surface area contributed by atoms with Crippen molar-refractivity contribution in [2.45, 2.75) is 11.8 Å². The highest BCUT2D eigenvalue weighted by Crippen LogP contribution is 2.35. The molecule has 0 aliphatic carbocycles. The van der Waals surface area contributed by atoms with Gasteiger partial charge < -0.3 is 9.73 Å². The zero-order valence-corrected chi connectivity index (χ0v) is 16.4. The lowest BCUT2D eigenvalue weighted by atomic mass is 10.1. The topological polar surface area (TPSA) is 68.0 Å². The number of thioether (sulfide) groups is 1. The predicted octanol–water partition coefficient (Wildman–Crippen LogP) is 4.81. The van der Waals surface area contributed by atoms with Gasteiger partial charge in [0.2, 0.25) is 5.91 Å². The van der Waals surface area contributed by atoms with Crippen molar-refractivity contribution in [2.75, 3.05) is 5.75 Å². The van der Waals surface area contributed by atoms with E-state index in [1.807, 2.05) is 78.9 Å². The molecule has 0 fully saturated rings. The van der Waals surface area contributed by atoms with Crippen molar-refractivity contribution in [3.8, 4) is 22.6 Å². The molecule has 0 radical (unpaired) electrons. The third-order valence-corrected chi connectivity index (χ3v) is 5.04. The second-order valence-corrected chi connectivity index (χ2v) is 7.20. The average Bonchev–Trinajstić information content (AvgIpc) is 3.23. The van der Waals surface area contributed by atoms with Gasteiger partial charge in [-0.1, -0.05) is 78.5 Å². The molecule has 0 aliphatic heterocycles. The molecule has 29 heavy (non-hydrogen) atoms. The highest BCUT2D eigenvalue weighted by atomic mass is 32.2. The zero-order valence-electron chi connectivity index (χ0n) is 15.6. The summed E-state index contributed by atoms with van der Waals surface area (Å²) in [5.41, 5.74) is 3.51. The van der Waals surface area contributed by atoms with Gasteiger partial charge in [0, 0.05) is 17.3 Å². The van der Waals surface area contributed by atoms with Crippen molar-refractivity contribution in [1.82, 2.24) is 15.3 Å². The summed E-state index contributed by atoms with van der Waals surface area (Å²) in [6.45, 7) is 0.399. The quantitative estimate of drug-likeness (QED) is 0.450. The first-order valence-electron chi connectivity index (χ1n) is 9.20. The van der Waals surface area contributed by atoms with Gasteiger partial charge in [0.05, 0.1) is 18.0 Å². The van der Waals surface area contributed by atoms with Crippen LogP contribution in [-0.4, -0.2) is 21.6 Å². The normalized spacial score (nSPS) is 10.6. The number of rotatable bonds is 7. The lowest BCUT2D eigenvalue weighted by molar-refractivity contribution is -0.118. The van der Waals surface area contributed by atoms with E-state index in [0.29, 0.717) is 17.5 Å². The minimum atomic E-state index is -0.0959. The fourth-order valence-electron chi connectivity index (χ4n) is 2.81. The zero-order chi connectivity index (χ0) is 19.9. The minimum Gasteiger partial charge on any atom is -0.431 e. The van der Waals surface area contributed by atoms with Gasteiger partial charge in [0.1, 0.15) is 5.69 Å². The number of pyridine rings is 1. The van der Waals surface area contributed by atoms with Crippen molar-refractivity contribution < 1.29 is 9.21 Å². The van der Waals surface area contributed by atoms with Gasteiger partial charge in [-0.25, -0.2) is 4.98 Å². The van der Waals surface area contributed by atoms with Gasteiger partial charge in [0.25, 0.3) is 5.22 Å². The number of amides is 1. The average molecular weight is 401 g/mol. The van der Waals surface area contributed by atoms with Crippen molar-refractivity contribution in [3.63, 3.8) is 0 Å². The minimum absolute atomic E-state index is 0.0959. The Kier molecular flexibility index (Phi) is 6.02. The van der Waals surface area contributed by atoms with Crippen LogP contribution in [-0.2, 0) is 11.3 Å². The molecule has 1 N–H and O–H groups in total. The molecule has 2 aromatic heterocycles. The molecule has 2 heterocycles. The molecule has 6 heteroatoms. The molecule has 0 saturated heterocycles. The van der Waals surface area contributed by atoms with Crippen LogP contribution >= 0.6 is 11.8 Å². The Balaban J connectivity index is 1.48. The predicted molar refractivity (Wildman–Crippen MR) is 114 cm³/mol. The molecule has 2 aromatic carbocycles. The number of carbonyl (C=O) groups excluding carboxylic acids is 1. The molecule has 144 valence electrons. The molecule has 0 spiro atoms. The molecular formula is C23H19N3O2S. The van der Waals surface area contributed by atoms with Crippen LogP contribution in [0, 0.1) is 0 Å². The maximum absolute atomic E-state index is 12.2. The first kappa shape index (κ1) is 19.0. The summed E-state index contributed by atoms with van der Waals surface area (Å²) >= 11 is 1.28.